The van der Waals surface area contributed by atoms with Gasteiger partial charge in [0.1, 0.15) is 12.4 Å². The van der Waals surface area contributed by atoms with Crippen molar-refractivity contribution in [3.63, 3.8) is 0 Å². The van der Waals surface area contributed by atoms with E-state index in [2.05, 4.69) is 27.7 Å². The summed E-state index contributed by atoms with van der Waals surface area (Å²) in [6.45, 7) is 2.53. The Morgan fingerprint density at radius 3 is 2.62 bits per heavy atom. The van der Waals surface area contributed by atoms with E-state index < -0.39 is 0 Å². The number of hydrogen-bond acceptors (Lipinski definition) is 3. The number of imidazole rings is 1. The van der Waals surface area contributed by atoms with Crippen molar-refractivity contribution in [1.82, 2.24) is 19.4 Å². The summed E-state index contributed by atoms with van der Waals surface area (Å²) in [6.07, 6.45) is 0.928. The van der Waals surface area contributed by atoms with Gasteiger partial charge in [0.25, 0.3) is 0 Å². The fraction of sp³-hybridized carbons (Fsp3) is 0.333. The van der Waals surface area contributed by atoms with Crippen LogP contribution in [0, 0.1) is 0 Å². The number of rotatable bonds is 4. The van der Waals surface area contributed by atoms with Crippen LogP contribution in [0.3, 0.4) is 0 Å². The van der Waals surface area contributed by atoms with Crippen molar-refractivity contribution in [2.24, 2.45) is 0 Å². The topological polar surface area (TPSA) is 41.4 Å². The third kappa shape index (κ3) is 3.22. The number of para-hydroxylation sites is 2. The van der Waals surface area contributed by atoms with Gasteiger partial charge in [0.05, 0.1) is 17.6 Å². The average molecular weight is 348 g/mol. The summed E-state index contributed by atoms with van der Waals surface area (Å²) in [5.74, 6) is 1.09. The van der Waals surface area contributed by atoms with E-state index in [9.17, 15) is 4.79 Å². The lowest BCUT2D eigenvalue weighted by Crippen LogP contribution is -2.38. The van der Waals surface area contributed by atoms with E-state index >= 15 is 0 Å². The number of benzene rings is 2. The van der Waals surface area contributed by atoms with Crippen molar-refractivity contribution >= 4 is 16.9 Å². The molecule has 4 rings (SSSR count). The molecular formula is C21H24N4O. The Labute approximate surface area is 153 Å². The molecule has 1 amide bonds. The van der Waals surface area contributed by atoms with Crippen LogP contribution in [0.4, 0.5) is 0 Å². The lowest BCUT2D eigenvalue weighted by atomic mass is 10.00. The van der Waals surface area contributed by atoms with Crippen LogP contribution >= 0.6 is 0 Å². The monoisotopic (exact) mass is 348 g/mol. The normalized spacial score (nSPS) is 14.0. The van der Waals surface area contributed by atoms with Gasteiger partial charge in [-0.2, -0.15) is 0 Å². The molecular weight excluding hydrogens is 324 g/mol. The molecule has 1 aromatic heterocycles. The second kappa shape index (κ2) is 6.92. The van der Waals surface area contributed by atoms with Gasteiger partial charge >= 0.3 is 0 Å². The van der Waals surface area contributed by atoms with Gasteiger partial charge in [-0.1, -0.05) is 36.4 Å². The second-order valence-electron chi connectivity index (χ2n) is 7.17. The average Bonchev–Trinajstić information content (AvgIpc) is 2.98. The SMILES string of the molecule is CN(C)Cc1nc2ccccc2n1CC(=O)N1CCc2ccccc2C1. The lowest BCUT2D eigenvalue weighted by molar-refractivity contribution is -0.132. The number of aromatic nitrogens is 2. The van der Waals surface area contributed by atoms with Crippen LogP contribution in [0.5, 0.6) is 0 Å². The molecule has 1 aliphatic heterocycles. The van der Waals surface area contributed by atoms with Crippen molar-refractivity contribution in [3.05, 3.63) is 65.5 Å². The van der Waals surface area contributed by atoms with Gasteiger partial charge in [-0.05, 0) is 43.8 Å². The number of carbonyl (C=O) groups is 1. The standard InChI is InChI=1S/C21H24N4O/c1-23(2)14-20-22-18-9-5-6-10-19(18)25(20)15-21(26)24-12-11-16-7-3-4-8-17(16)13-24/h3-10H,11-15H2,1-2H3. The Kier molecular flexibility index (Phi) is 4.47. The van der Waals surface area contributed by atoms with Gasteiger partial charge in [0.2, 0.25) is 5.91 Å². The van der Waals surface area contributed by atoms with Gasteiger partial charge in [-0.25, -0.2) is 4.98 Å². The van der Waals surface area contributed by atoms with E-state index in [1.54, 1.807) is 0 Å². The molecule has 5 nitrogen and oxygen atoms in total. The van der Waals surface area contributed by atoms with E-state index in [1.807, 2.05) is 49.3 Å². The highest BCUT2D eigenvalue weighted by atomic mass is 16.2. The molecule has 0 saturated carbocycles. The van der Waals surface area contributed by atoms with Gasteiger partial charge in [-0.15, -0.1) is 0 Å². The largest absolute Gasteiger partial charge is 0.336 e. The fourth-order valence-corrected chi connectivity index (χ4v) is 3.65. The number of fused-ring (bicyclic) bond motifs is 2. The molecule has 0 aliphatic carbocycles. The van der Waals surface area contributed by atoms with Gasteiger partial charge < -0.3 is 14.4 Å². The summed E-state index contributed by atoms with van der Waals surface area (Å²) < 4.78 is 2.07. The molecule has 3 aromatic rings. The van der Waals surface area contributed by atoms with Gasteiger partial charge in [-0.3, -0.25) is 4.79 Å². The highest BCUT2D eigenvalue weighted by Gasteiger charge is 2.22. The second-order valence-corrected chi connectivity index (χ2v) is 7.17. The van der Waals surface area contributed by atoms with E-state index in [-0.39, 0.29) is 5.91 Å². The summed E-state index contributed by atoms with van der Waals surface area (Å²) in [7, 11) is 4.04. The van der Waals surface area contributed by atoms with Crippen LogP contribution in [-0.2, 0) is 30.8 Å². The molecule has 2 heterocycles. The van der Waals surface area contributed by atoms with Crippen LogP contribution in [-0.4, -0.2) is 45.9 Å². The van der Waals surface area contributed by atoms with Crippen molar-refractivity contribution in [1.29, 1.82) is 0 Å². The zero-order valence-corrected chi connectivity index (χ0v) is 15.4. The first-order valence-electron chi connectivity index (χ1n) is 9.05. The Morgan fingerprint density at radius 2 is 1.81 bits per heavy atom. The molecule has 2 aromatic carbocycles. The maximum absolute atomic E-state index is 13.0. The first-order valence-corrected chi connectivity index (χ1v) is 9.05. The molecule has 0 bridgehead atoms. The minimum Gasteiger partial charge on any atom is -0.336 e. The van der Waals surface area contributed by atoms with Crippen LogP contribution in [0.25, 0.3) is 11.0 Å². The molecule has 134 valence electrons. The quantitative estimate of drug-likeness (QED) is 0.728. The minimum atomic E-state index is 0.155. The third-order valence-corrected chi connectivity index (χ3v) is 4.97. The van der Waals surface area contributed by atoms with Crippen LogP contribution in [0.15, 0.2) is 48.5 Å². The Bertz CT molecular complexity index is 944. The molecule has 5 heteroatoms. The predicted molar refractivity (Wildman–Crippen MR) is 103 cm³/mol. The highest BCUT2D eigenvalue weighted by molar-refractivity contribution is 5.81. The summed E-state index contributed by atoms with van der Waals surface area (Å²) in [4.78, 5) is 21.8. The first-order chi connectivity index (χ1) is 12.6. The van der Waals surface area contributed by atoms with Crippen LogP contribution < -0.4 is 0 Å². The summed E-state index contributed by atoms with van der Waals surface area (Å²) in [5, 5.41) is 0. The molecule has 1 aliphatic rings. The van der Waals surface area contributed by atoms with Crippen molar-refractivity contribution in [2.75, 3.05) is 20.6 Å². The number of carbonyl (C=O) groups excluding carboxylic acids is 1. The first kappa shape index (κ1) is 16.8. The summed E-state index contributed by atoms with van der Waals surface area (Å²) in [5.41, 5.74) is 4.59. The molecule has 0 atom stereocenters. The molecule has 0 N–H and O–H groups in total. The molecule has 0 radical (unpaired) electrons. The highest BCUT2D eigenvalue weighted by Crippen LogP contribution is 2.21. The minimum absolute atomic E-state index is 0.155. The van der Waals surface area contributed by atoms with Crippen molar-refractivity contribution in [3.8, 4) is 0 Å². The summed E-state index contributed by atoms with van der Waals surface area (Å²) in [6, 6.07) is 16.4. The van der Waals surface area contributed by atoms with Crippen molar-refractivity contribution in [2.45, 2.75) is 26.1 Å². The molecule has 0 unspecified atom stereocenters. The maximum Gasteiger partial charge on any atom is 0.242 e. The number of amides is 1. The Balaban J connectivity index is 1.60. The van der Waals surface area contributed by atoms with E-state index in [0.29, 0.717) is 19.6 Å². The van der Waals surface area contributed by atoms with E-state index in [4.69, 9.17) is 4.98 Å². The van der Waals surface area contributed by atoms with E-state index in [0.717, 1.165) is 29.8 Å². The molecule has 0 spiro atoms. The zero-order chi connectivity index (χ0) is 18.1. The molecule has 0 fully saturated rings. The summed E-state index contributed by atoms with van der Waals surface area (Å²) >= 11 is 0. The van der Waals surface area contributed by atoms with Crippen LogP contribution in [0.2, 0.25) is 0 Å². The van der Waals surface area contributed by atoms with Gasteiger partial charge in [0, 0.05) is 13.1 Å². The van der Waals surface area contributed by atoms with Crippen LogP contribution in [0.1, 0.15) is 17.0 Å². The smallest absolute Gasteiger partial charge is 0.242 e. The van der Waals surface area contributed by atoms with Crippen molar-refractivity contribution < 1.29 is 4.79 Å². The molecule has 26 heavy (non-hydrogen) atoms. The van der Waals surface area contributed by atoms with Gasteiger partial charge in [0.15, 0.2) is 0 Å². The molecule has 0 saturated heterocycles. The predicted octanol–water partition coefficient (Wildman–Crippen LogP) is 2.68. The maximum atomic E-state index is 13.0. The fourth-order valence-electron chi connectivity index (χ4n) is 3.65. The number of hydrogen-bond donors (Lipinski definition) is 0. The van der Waals surface area contributed by atoms with E-state index in [1.165, 1.54) is 11.1 Å². The Morgan fingerprint density at radius 1 is 1.08 bits per heavy atom. The zero-order valence-electron chi connectivity index (χ0n) is 15.4. The number of nitrogens with zero attached hydrogens (tertiary/aromatic N) is 4. The Hall–Kier alpha value is -2.66. The lowest BCUT2D eigenvalue weighted by Gasteiger charge is -2.29. The third-order valence-electron chi connectivity index (χ3n) is 4.97.